The number of thiocarbonyl (C=S) groups is 1. The Morgan fingerprint density at radius 3 is 2.93 bits per heavy atom. The molecule has 78 valence electrons. The van der Waals surface area contributed by atoms with Crippen LogP contribution in [0.2, 0.25) is 0 Å². The van der Waals surface area contributed by atoms with Crippen LogP contribution in [-0.4, -0.2) is 27.2 Å². The Kier molecular flexibility index (Phi) is 3.55. The van der Waals surface area contributed by atoms with Crippen LogP contribution in [0.15, 0.2) is 21.0 Å². The van der Waals surface area contributed by atoms with Crippen molar-refractivity contribution in [1.82, 2.24) is 5.01 Å². The first-order valence-electron chi connectivity index (χ1n) is 3.96. The fourth-order valence-electron chi connectivity index (χ4n) is 0.971. The maximum absolute atomic E-state index is 11.3. The molecule has 0 aliphatic carbocycles. The molecule has 0 N–H and O–H groups in total. The van der Waals surface area contributed by atoms with Crippen LogP contribution in [-0.2, 0) is 4.79 Å². The first-order chi connectivity index (χ1) is 7.16. The van der Waals surface area contributed by atoms with E-state index in [0.717, 1.165) is 8.66 Å². The third-order valence-electron chi connectivity index (χ3n) is 1.62. The molecule has 0 aromatic carbocycles. The molecule has 1 aromatic heterocycles. The van der Waals surface area contributed by atoms with E-state index in [0.29, 0.717) is 10.1 Å². The molecule has 1 aliphatic heterocycles. The van der Waals surface area contributed by atoms with Crippen LogP contribution in [0.4, 0.5) is 0 Å². The molecule has 1 aliphatic rings. The van der Waals surface area contributed by atoms with Crippen LogP contribution in [0.3, 0.4) is 0 Å². The smallest absolute Gasteiger partial charge is 0.259 e. The molecule has 7 heteroatoms. The highest BCUT2D eigenvalue weighted by Gasteiger charge is 2.25. The quantitative estimate of drug-likeness (QED) is 0.620. The molecule has 0 unspecified atom stereocenters. The molecule has 15 heavy (non-hydrogen) atoms. The molecule has 1 aromatic rings. The summed E-state index contributed by atoms with van der Waals surface area (Å²) in [5, 5.41) is 5.33. The Bertz CT molecular complexity index is 427. The zero-order valence-corrected chi connectivity index (χ0v) is 11.4. The van der Waals surface area contributed by atoms with E-state index in [1.54, 1.807) is 17.6 Å². The Hall–Kier alpha value is -0.240. The van der Waals surface area contributed by atoms with Crippen molar-refractivity contribution in [3.63, 3.8) is 0 Å². The molecule has 1 amide bonds. The van der Waals surface area contributed by atoms with Crippen LogP contribution in [0.1, 0.15) is 4.88 Å². The number of rotatable bonds is 2. The standard InChI is InChI=1S/C8H5BrN2OS3/c9-6-2-1-5(15-6)3-10-11-7(12)4-14-8(11)13/h1-3H,4H2/b10-3-. The molecule has 0 atom stereocenters. The topological polar surface area (TPSA) is 32.7 Å². The predicted octanol–water partition coefficient (Wildman–Crippen LogP) is 2.70. The summed E-state index contributed by atoms with van der Waals surface area (Å²) in [5.74, 6) is 0.335. The zero-order chi connectivity index (χ0) is 10.8. The lowest BCUT2D eigenvalue weighted by molar-refractivity contribution is -0.123. The first kappa shape index (κ1) is 11.3. The minimum Gasteiger partial charge on any atom is -0.272 e. The lowest BCUT2D eigenvalue weighted by atomic mass is 10.5. The van der Waals surface area contributed by atoms with Crippen molar-refractivity contribution in [2.45, 2.75) is 0 Å². The van der Waals surface area contributed by atoms with E-state index < -0.39 is 0 Å². The van der Waals surface area contributed by atoms with Crippen LogP contribution in [0.5, 0.6) is 0 Å². The van der Waals surface area contributed by atoms with E-state index in [2.05, 4.69) is 21.0 Å². The molecule has 0 bridgehead atoms. The van der Waals surface area contributed by atoms with Gasteiger partial charge in [-0.2, -0.15) is 10.1 Å². The maximum Gasteiger partial charge on any atom is 0.259 e. The van der Waals surface area contributed by atoms with E-state index in [-0.39, 0.29) is 5.91 Å². The number of hydrogen-bond donors (Lipinski definition) is 0. The van der Waals surface area contributed by atoms with E-state index in [9.17, 15) is 4.79 Å². The molecule has 0 saturated carbocycles. The number of thiophene rings is 1. The first-order valence-corrected chi connectivity index (χ1v) is 6.96. The van der Waals surface area contributed by atoms with Gasteiger partial charge in [0.05, 0.1) is 15.8 Å². The van der Waals surface area contributed by atoms with Gasteiger partial charge in [0.25, 0.3) is 5.91 Å². The number of hydrogen-bond acceptors (Lipinski definition) is 5. The van der Waals surface area contributed by atoms with Gasteiger partial charge in [-0.3, -0.25) is 4.79 Å². The van der Waals surface area contributed by atoms with Crippen molar-refractivity contribution in [1.29, 1.82) is 0 Å². The van der Waals surface area contributed by atoms with E-state index in [1.165, 1.54) is 16.8 Å². The number of thioether (sulfide) groups is 1. The van der Waals surface area contributed by atoms with Gasteiger partial charge in [0.2, 0.25) is 0 Å². The SMILES string of the molecule is O=C1CSC(=S)N1/N=C\c1ccc(Br)s1. The summed E-state index contributed by atoms with van der Waals surface area (Å²) in [7, 11) is 0. The third-order valence-corrected chi connectivity index (χ3v) is 4.52. The molecule has 0 spiro atoms. The van der Waals surface area contributed by atoms with Crippen molar-refractivity contribution >= 4 is 67.7 Å². The molecular formula is C8H5BrN2OS3. The highest BCUT2D eigenvalue weighted by molar-refractivity contribution is 9.11. The minimum atomic E-state index is -0.0585. The molecule has 2 heterocycles. The second-order valence-electron chi connectivity index (χ2n) is 2.65. The van der Waals surface area contributed by atoms with Crippen molar-refractivity contribution < 1.29 is 4.79 Å². The van der Waals surface area contributed by atoms with Gasteiger partial charge in [0.15, 0.2) is 4.32 Å². The maximum atomic E-state index is 11.3. The van der Waals surface area contributed by atoms with Crippen LogP contribution >= 0.6 is 51.2 Å². The monoisotopic (exact) mass is 320 g/mol. The second-order valence-corrected chi connectivity index (χ2v) is 6.75. The number of halogens is 1. The highest BCUT2D eigenvalue weighted by atomic mass is 79.9. The molecule has 1 fully saturated rings. The average Bonchev–Trinajstić information content (AvgIpc) is 2.73. The number of carbonyl (C=O) groups is 1. The summed E-state index contributed by atoms with van der Waals surface area (Å²) >= 11 is 11.2. The van der Waals surface area contributed by atoms with E-state index in [4.69, 9.17) is 12.2 Å². The summed E-state index contributed by atoms with van der Waals surface area (Å²) in [4.78, 5) is 12.3. The van der Waals surface area contributed by atoms with Gasteiger partial charge in [-0.25, -0.2) is 0 Å². The Balaban J connectivity index is 2.11. The number of hydrazone groups is 1. The fraction of sp³-hybridized carbons (Fsp3) is 0.125. The van der Waals surface area contributed by atoms with Gasteiger partial charge in [-0.05, 0) is 28.1 Å². The van der Waals surface area contributed by atoms with E-state index >= 15 is 0 Å². The summed E-state index contributed by atoms with van der Waals surface area (Å²) in [6.45, 7) is 0. The Morgan fingerprint density at radius 1 is 1.60 bits per heavy atom. The third kappa shape index (κ3) is 2.66. The lowest BCUT2D eigenvalue weighted by Gasteiger charge is -2.05. The van der Waals surface area contributed by atoms with Crippen LogP contribution in [0, 0.1) is 0 Å². The summed E-state index contributed by atoms with van der Waals surface area (Å²) in [6, 6.07) is 3.86. The molecule has 2 rings (SSSR count). The number of carbonyl (C=O) groups excluding carboxylic acids is 1. The lowest BCUT2D eigenvalue weighted by Crippen LogP contribution is -2.22. The minimum absolute atomic E-state index is 0.0585. The second kappa shape index (κ2) is 4.73. The van der Waals surface area contributed by atoms with Gasteiger partial charge in [-0.15, -0.1) is 11.3 Å². The Labute approximate surface area is 109 Å². The van der Waals surface area contributed by atoms with Gasteiger partial charge in [-0.1, -0.05) is 24.0 Å². The highest BCUT2D eigenvalue weighted by Crippen LogP contribution is 2.22. The predicted molar refractivity (Wildman–Crippen MR) is 71.5 cm³/mol. The molecular weight excluding hydrogens is 316 g/mol. The average molecular weight is 321 g/mol. The summed E-state index contributed by atoms with van der Waals surface area (Å²) < 4.78 is 1.56. The molecule has 0 radical (unpaired) electrons. The van der Waals surface area contributed by atoms with Crippen LogP contribution in [0.25, 0.3) is 0 Å². The number of amides is 1. The van der Waals surface area contributed by atoms with Crippen LogP contribution < -0.4 is 0 Å². The Morgan fingerprint density at radius 2 is 2.40 bits per heavy atom. The van der Waals surface area contributed by atoms with Crippen molar-refractivity contribution in [3.05, 3.63) is 20.8 Å². The summed E-state index contributed by atoms with van der Waals surface area (Å²) in [5.41, 5.74) is 0. The van der Waals surface area contributed by atoms with Crippen molar-refractivity contribution in [2.24, 2.45) is 5.10 Å². The molecule has 3 nitrogen and oxygen atoms in total. The van der Waals surface area contributed by atoms with Gasteiger partial charge < -0.3 is 0 Å². The fourth-order valence-corrected chi connectivity index (χ4v) is 3.23. The number of nitrogens with zero attached hydrogens (tertiary/aromatic N) is 2. The molecule has 1 saturated heterocycles. The van der Waals surface area contributed by atoms with Crippen molar-refractivity contribution in [2.75, 3.05) is 5.75 Å². The largest absolute Gasteiger partial charge is 0.272 e. The normalized spacial score (nSPS) is 17.0. The summed E-state index contributed by atoms with van der Waals surface area (Å²) in [6.07, 6.45) is 1.64. The van der Waals surface area contributed by atoms with Gasteiger partial charge in [0, 0.05) is 4.88 Å². The zero-order valence-electron chi connectivity index (χ0n) is 7.34. The van der Waals surface area contributed by atoms with E-state index in [1.807, 2.05) is 12.1 Å². The van der Waals surface area contributed by atoms with Crippen molar-refractivity contribution in [3.8, 4) is 0 Å². The van der Waals surface area contributed by atoms with Gasteiger partial charge >= 0.3 is 0 Å². The van der Waals surface area contributed by atoms with Gasteiger partial charge in [0.1, 0.15) is 0 Å².